The van der Waals surface area contributed by atoms with Gasteiger partial charge in [0, 0.05) is 16.2 Å². The second-order valence-electron chi connectivity index (χ2n) is 8.76. The van der Waals surface area contributed by atoms with Gasteiger partial charge in [0.1, 0.15) is 26.1 Å². The summed E-state index contributed by atoms with van der Waals surface area (Å²) in [7, 11) is -20.4. The molecule has 234 valence electrons. The van der Waals surface area contributed by atoms with Gasteiger partial charge in [-0.2, -0.15) is 33.7 Å². The summed E-state index contributed by atoms with van der Waals surface area (Å²) in [4.78, 5) is 8.14. The lowest BCUT2D eigenvalue weighted by atomic mass is 10.1. The lowest BCUT2D eigenvalue weighted by molar-refractivity contribution is -0.114. The smallest absolute Gasteiger partial charge is 0.297 e. The van der Waals surface area contributed by atoms with E-state index < -0.39 is 111 Å². The molecule has 4 rings (SSSR count). The van der Waals surface area contributed by atoms with Gasteiger partial charge in [0.05, 0.1) is 17.1 Å². The maximum atomic E-state index is 12.3. The monoisotopic (exact) mass is 690 g/mol. The summed E-state index contributed by atoms with van der Waals surface area (Å²) >= 11 is 0. The first-order valence-corrected chi connectivity index (χ1v) is 17.1. The minimum atomic E-state index is -5.33. The predicted octanol–water partition coefficient (Wildman–Crippen LogP) is 2.00. The van der Waals surface area contributed by atoms with E-state index in [1.165, 1.54) is 0 Å². The minimum Gasteiger partial charge on any atom is -0.505 e. The standard InChI is InChI=1S/C22H18N4O14S4/c23-9-18(27)24-15-8-11(41(29,30)31)6-10-7-17(43(35,36)37)20(21(28)19(10)15)26-25-14-5-4-12-13(22(14)44(38,39)40)2-1-3-16(12)42(32,33)34/h1-8,28H,9,23H2,(H,24,27)(H,29,30,31)(H,32,33,34)(H,35,36,37)(H,38,39,40). The molecule has 22 heteroatoms. The second kappa shape index (κ2) is 11.1. The number of azo groups is 1. The van der Waals surface area contributed by atoms with Crippen molar-refractivity contribution >= 4 is 85.0 Å². The van der Waals surface area contributed by atoms with Crippen molar-refractivity contribution in [1.29, 1.82) is 0 Å². The zero-order chi connectivity index (χ0) is 33.0. The van der Waals surface area contributed by atoms with E-state index in [0.29, 0.717) is 18.2 Å². The van der Waals surface area contributed by atoms with Crippen LogP contribution in [0.2, 0.25) is 0 Å². The number of nitrogens with two attached hydrogens (primary N) is 1. The molecule has 0 atom stereocenters. The number of phenolic OH excluding ortho intramolecular Hbond substituents is 1. The highest BCUT2D eigenvalue weighted by Gasteiger charge is 2.27. The Balaban J connectivity index is 2.10. The van der Waals surface area contributed by atoms with E-state index in [9.17, 15) is 61.8 Å². The van der Waals surface area contributed by atoms with Crippen LogP contribution in [0.4, 0.5) is 17.1 Å². The molecule has 44 heavy (non-hydrogen) atoms. The minimum absolute atomic E-state index is 0.372. The number of rotatable bonds is 8. The highest BCUT2D eigenvalue weighted by atomic mass is 32.2. The van der Waals surface area contributed by atoms with E-state index in [0.717, 1.165) is 30.3 Å². The van der Waals surface area contributed by atoms with E-state index in [1.807, 2.05) is 0 Å². The fourth-order valence-electron chi connectivity index (χ4n) is 4.17. The number of anilines is 1. The van der Waals surface area contributed by atoms with Gasteiger partial charge in [-0.1, -0.05) is 18.2 Å². The molecule has 0 spiro atoms. The van der Waals surface area contributed by atoms with E-state index in [4.69, 9.17) is 5.73 Å². The van der Waals surface area contributed by atoms with Crippen molar-refractivity contribution in [3.63, 3.8) is 0 Å². The van der Waals surface area contributed by atoms with Crippen molar-refractivity contribution in [3.05, 3.63) is 48.5 Å². The predicted molar refractivity (Wildman–Crippen MR) is 151 cm³/mol. The Bertz CT molecular complexity index is 2370. The van der Waals surface area contributed by atoms with Crippen LogP contribution < -0.4 is 11.1 Å². The number of nitrogens with zero attached hydrogens (tertiary/aromatic N) is 2. The first kappa shape index (κ1) is 32.8. The summed E-state index contributed by atoms with van der Waals surface area (Å²) in [6.45, 7) is -0.645. The van der Waals surface area contributed by atoms with Crippen LogP contribution in [-0.2, 0) is 45.3 Å². The largest absolute Gasteiger partial charge is 0.505 e. The number of phenols is 1. The van der Waals surface area contributed by atoms with Crippen LogP contribution in [0, 0.1) is 0 Å². The maximum Gasteiger partial charge on any atom is 0.297 e. The molecule has 4 aromatic rings. The second-order valence-corrected chi connectivity index (χ2v) is 14.3. The maximum absolute atomic E-state index is 12.3. The van der Waals surface area contributed by atoms with Crippen LogP contribution in [0.1, 0.15) is 0 Å². The Morgan fingerprint density at radius 2 is 1.39 bits per heavy atom. The molecule has 0 saturated heterocycles. The third-order valence-electron chi connectivity index (χ3n) is 5.90. The van der Waals surface area contributed by atoms with Crippen molar-refractivity contribution in [3.8, 4) is 5.75 Å². The molecule has 0 fully saturated rings. The van der Waals surface area contributed by atoms with Crippen LogP contribution in [0.15, 0.2) is 78.3 Å². The molecule has 0 radical (unpaired) electrons. The lowest BCUT2D eigenvalue weighted by Gasteiger charge is -2.14. The van der Waals surface area contributed by atoms with Crippen LogP contribution in [0.5, 0.6) is 5.75 Å². The van der Waals surface area contributed by atoms with Crippen molar-refractivity contribution in [2.75, 3.05) is 11.9 Å². The Hall–Kier alpha value is -4.13. The first-order valence-electron chi connectivity index (χ1n) is 11.4. The number of hydrogen-bond acceptors (Lipinski definition) is 13. The van der Waals surface area contributed by atoms with Gasteiger partial charge in [0.15, 0.2) is 5.75 Å². The van der Waals surface area contributed by atoms with Gasteiger partial charge in [-0.15, -0.1) is 10.2 Å². The average Bonchev–Trinajstić information content (AvgIpc) is 2.88. The zero-order valence-electron chi connectivity index (χ0n) is 21.3. The van der Waals surface area contributed by atoms with Crippen LogP contribution >= 0.6 is 0 Å². The molecule has 0 heterocycles. The number of hydrogen-bond donors (Lipinski definition) is 7. The van der Waals surface area contributed by atoms with E-state index >= 15 is 0 Å². The third-order valence-corrected chi connectivity index (χ3v) is 9.46. The van der Waals surface area contributed by atoms with Gasteiger partial charge in [-0.05, 0) is 35.7 Å². The fourth-order valence-corrected chi connectivity index (χ4v) is 6.91. The Labute approximate surface area is 247 Å². The van der Waals surface area contributed by atoms with Crippen LogP contribution in [0.25, 0.3) is 21.5 Å². The summed E-state index contributed by atoms with van der Waals surface area (Å²) in [5, 5.41) is 18.5. The first-order chi connectivity index (χ1) is 20.1. The molecular formula is C22H18N4O14S4. The van der Waals surface area contributed by atoms with Gasteiger partial charge in [0.2, 0.25) is 5.91 Å². The van der Waals surface area contributed by atoms with E-state index in [-0.39, 0.29) is 5.39 Å². The van der Waals surface area contributed by atoms with Gasteiger partial charge in [-0.3, -0.25) is 23.0 Å². The summed E-state index contributed by atoms with van der Waals surface area (Å²) in [6, 6.07) is 6.77. The van der Waals surface area contributed by atoms with Crippen LogP contribution in [0.3, 0.4) is 0 Å². The normalized spacial score (nSPS) is 13.1. The topological polar surface area (TPSA) is 318 Å². The Kier molecular flexibility index (Phi) is 8.27. The molecule has 1 amide bonds. The number of carbonyl (C=O) groups excluding carboxylic acids is 1. The summed E-state index contributed by atoms with van der Waals surface area (Å²) in [6.07, 6.45) is 0. The van der Waals surface area contributed by atoms with Gasteiger partial charge < -0.3 is 16.2 Å². The summed E-state index contributed by atoms with van der Waals surface area (Å²) in [5.74, 6) is -2.09. The number of fused-ring (bicyclic) bond motifs is 2. The number of aromatic hydroxyl groups is 1. The summed E-state index contributed by atoms with van der Waals surface area (Å²) in [5.41, 5.74) is 2.92. The average molecular weight is 691 g/mol. The molecule has 8 N–H and O–H groups in total. The lowest BCUT2D eigenvalue weighted by Crippen LogP contribution is -2.22. The molecule has 0 bridgehead atoms. The molecule has 0 aliphatic rings. The van der Waals surface area contributed by atoms with Gasteiger partial charge >= 0.3 is 0 Å². The molecule has 0 aliphatic carbocycles. The SMILES string of the molecule is NCC(=O)Nc1cc(S(=O)(=O)O)cc2cc(S(=O)(=O)O)c(N=Nc3ccc4c(S(=O)(=O)O)cccc4c3S(=O)(=O)O)c(O)c12. The molecule has 0 aromatic heterocycles. The van der Waals surface area contributed by atoms with Crippen molar-refractivity contribution in [1.82, 2.24) is 0 Å². The van der Waals surface area contributed by atoms with Crippen LogP contribution in [-0.4, -0.2) is 69.4 Å². The summed E-state index contributed by atoms with van der Waals surface area (Å²) < 4.78 is 135. The zero-order valence-corrected chi connectivity index (χ0v) is 24.6. The van der Waals surface area contributed by atoms with Crippen molar-refractivity contribution in [2.45, 2.75) is 19.6 Å². The molecule has 0 unspecified atom stereocenters. The highest BCUT2D eigenvalue weighted by molar-refractivity contribution is 7.87. The molecule has 0 saturated carbocycles. The number of amides is 1. The molecule has 0 aliphatic heterocycles. The molecular weight excluding hydrogens is 673 g/mol. The molecule has 4 aromatic carbocycles. The number of benzene rings is 4. The van der Waals surface area contributed by atoms with Gasteiger partial charge in [0.25, 0.3) is 40.5 Å². The van der Waals surface area contributed by atoms with E-state index in [1.54, 1.807) is 0 Å². The number of nitrogens with one attached hydrogen (secondary N) is 1. The quantitative estimate of drug-likeness (QED) is 0.103. The van der Waals surface area contributed by atoms with Crippen molar-refractivity contribution < 1.29 is 61.8 Å². The molecule has 18 nitrogen and oxygen atoms in total. The fraction of sp³-hybridized carbons (Fsp3) is 0.0455. The van der Waals surface area contributed by atoms with E-state index in [2.05, 4.69) is 15.5 Å². The third kappa shape index (κ3) is 6.37. The number of carbonyl (C=O) groups is 1. The Morgan fingerprint density at radius 1 is 0.750 bits per heavy atom. The van der Waals surface area contributed by atoms with Gasteiger partial charge in [-0.25, -0.2) is 0 Å². The Morgan fingerprint density at radius 3 is 1.93 bits per heavy atom. The highest BCUT2D eigenvalue weighted by Crippen LogP contribution is 2.46. The van der Waals surface area contributed by atoms with Crippen molar-refractivity contribution in [2.24, 2.45) is 16.0 Å².